The van der Waals surface area contributed by atoms with Crippen LogP contribution in [0.25, 0.3) is 0 Å². The number of hydrogen-bond donors (Lipinski definition) is 2. The van der Waals surface area contributed by atoms with Crippen LogP contribution in [0.3, 0.4) is 0 Å². The van der Waals surface area contributed by atoms with Gasteiger partial charge in [-0.25, -0.2) is 0 Å². The van der Waals surface area contributed by atoms with E-state index in [4.69, 9.17) is 12.2 Å². The van der Waals surface area contributed by atoms with E-state index < -0.39 is 0 Å². The quantitative estimate of drug-likeness (QED) is 0.450. The molecule has 0 aliphatic rings. The van der Waals surface area contributed by atoms with Crippen LogP contribution in [0.15, 0.2) is 54.6 Å². The van der Waals surface area contributed by atoms with Crippen LogP contribution in [0.1, 0.15) is 12.0 Å². The Morgan fingerprint density at radius 2 is 1.70 bits per heavy atom. The van der Waals surface area contributed by atoms with Gasteiger partial charge in [0.05, 0.1) is 0 Å². The Morgan fingerprint density at radius 3 is 2.40 bits per heavy atom. The zero-order valence-electron chi connectivity index (χ0n) is 11.1. The van der Waals surface area contributed by atoms with Crippen LogP contribution in [0.2, 0.25) is 0 Å². The minimum absolute atomic E-state index is 0.680. The van der Waals surface area contributed by atoms with Gasteiger partial charge in [0.15, 0.2) is 5.11 Å². The molecule has 2 aromatic carbocycles. The fourth-order valence-electron chi connectivity index (χ4n) is 1.85. The first-order valence-electron chi connectivity index (χ1n) is 6.58. The Hall–Kier alpha value is -1.14. The van der Waals surface area contributed by atoms with E-state index in [1.165, 1.54) is 9.13 Å². The van der Waals surface area contributed by atoms with Gasteiger partial charge in [-0.15, -0.1) is 0 Å². The van der Waals surface area contributed by atoms with Crippen LogP contribution in [-0.2, 0) is 6.42 Å². The molecule has 0 aliphatic carbocycles. The minimum atomic E-state index is 0.680. The molecule has 0 aliphatic heterocycles. The Kier molecular flexibility index (Phi) is 6.26. The summed E-state index contributed by atoms with van der Waals surface area (Å²) >= 11 is 7.56. The third-order valence-electron chi connectivity index (χ3n) is 2.87. The maximum atomic E-state index is 5.27. The molecular weight excluding hydrogens is 379 g/mol. The van der Waals surface area contributed by atoms with Gasteiger partial charge in [0, 0.05) is 15.8 Å². The number of benzene rings is 2. The summed E-state index contributed by atoms with van der Waals surface area (Å²) in [6, 6.07) is 18.7. The average molecular weight is 396 g/mol. The molecule has 2 N–H and O–H groups in total. The normalized spacial score (nSPS) is 10.1. The van der Waals surface area contributed by atoms with E-state index in [1.807, 2.05) is 18.2 Å². The van der Waals surface area contributed by atoms with Crippen molar-refractivity contribution in [3.63, 3.8) is 0 Å². The number of anilines is 1. The molecule has 0 amide bonds. The lowest BCUT2D eigenvalue weighted by Crippen LogP contribution is -2.29. The second kappa shape index (κ2) is 8.21. The largest absolute Gasteiger partial charge is 0.362 e. The highest BCUT2D eigenvalue weighted by atomic mass is 127. The smallest absolute Gasteiger partial charge is 0.170 e. The lowest BCUT2D eigenvalue weighted by atomic mass is 10.1. The van der Waals surface area contributed by atoms with E-state index in [0.717, 1.165) is 25.1 Å². The third kappa shape index (κ3) is 5.46. The Balaban J connectivity index is 1.66. The van der Waals surface area contributed by atoms with Gasteiger partial charge in [0.25, 0.3) is 0 Å². The minimum Gasteiger partial charge on any atom is -0.362 e. The van der Waals surface area contributed by atoms with Crippen LogP contribution in [0.5, 0.6) is 0 Å². The van der Waals surface area contributed by atoms with E-state index in [9.17, 15) is 0 Å². The van der Waals surface area contributed by atoms with E-state index in [1.54, 1.807) is 0 Å². The molecule has 0 aromatic heterocycles. The molecule has 0 heterocycles. The van der Waals surface area contributed by atoms with Gasteiger partial charge in [0.1, 0.15) is 0 Å². The maximum absolute atomic E-state index is 5.27. The molecule has 2 nitrogen and oxygen atoms in total. The molecule has 2 rings (SSSR count). The van der Waals surface area contributed by atoms with Crippen molar-refractivity contribution in [2.24, 2.45) is 0 Å². The fraction of sp³-hybridized carbons (Fsp3) is 0.188. The predicted molar refractivity (Wildman–Crippen MR) is 98.1 cm³/mol. The molecule has 0 saturated carbocycles. The van der Waals surface area contributed by atoms with Crippen LogP contribution in [0.4, 0.5) is 5.69 Å². The van der Waals surface area contributed by atoms with Crippen molar-refractivity contribution < 1.29 is 0 Å². The van der Waals surface area contributed by atoms with E-state index in [-0.39, 0.29) is 0 Å². The van der Waals surface area contributed by atoms with Crippen LogP contribution < -0.4 is 10.6 Å². The van der Waals surface area contributed by atoms with E-state index in [0.29, 0.717) is 5.11 Å². The number of halogens is 1. The molecule has 2 aromatic rings. The van der Waals surface area contributed by atoms with Crippen LogP contribution in [0, 0.1) is 3.57 Å². The van der Waals surface area contributed by atoms with Gasteiger partial charge >= 0.3 is 0 Å². The Bertz CT molecular complexity index is 540. The predicted octanol–water partition coefficient (Wildman–Crippen LogP) is 4.21. The molecule has 20 heavy (non-hydrogen) atoms. The lowest BCUT2D eigenvalue weighted by Gasteiger charge is -2.10. The third-order valence-corrected chi connectivity index (χ3v) is 3.84. The molecule has 0 unspecified atom stereocenters. The van der Waals surface area contributed by atoms with Crippen molar-refractivity contribution in [2.75, 3.05) is 11.9 Å². The molecule has 0 fully saturated rings. The summed E-state index contributed by atoms with van der Waals surface area (Å²) in [5.41, 5.74) is 2.39. The first kappa shape index (κ1) is 15.3. The van der Waals surface area contributed by atoms with Gasteiger partial charge in [-0.05, 0) is 77.5 Å². The highest BCUT2D eigenvalue weighted by Crippen LogP contribution is 2.10. The van der Waals surface area contributed by atoms with Gasteiger partial charge in [0.2, 0.25) is 0 Å². The zero-order valence-corrected chi connectivity index (χ0v) is 14.1. The molecule has 0 bridgehead atoms. The second-order valence-corrected chi connectivity index (χ2v) is 6.13. The topological polar surface area (TPSA) is 24.1 Å². The molecule has 0 atom stereocenters. The summed E-state index contributed by atoms with van der Waals surface area (Å²) in [4.78, 5) is 0. The second-order valence-electron chi connectivity index (χ2n) is 4.48. The van der Waals surface area contributed by atoms with Crippen LogP contribution >= 0.6 is 34.8 Å². The van der Waals surface area contributed by atoms with Gasteiger partial charge in [-0.1, -0.05) is 30.3 Å². The number of hydrogen-bond acceptors (Lipinski definition) is 1. The highest BCUT2D eigenvalue weighted by molar-refractivity contribution is 14.1. The standard InChI is InChI=1S/C16H17IN2S/c17-14-8-10-15(11-9-14)19-16(20)18-12-4-7-13-5-2-1-3-6-13/h1-3,5-6,8-11H,4,7,12H2,(H2,18,19,20). The van der Waals surface area contributed by atoms with Crippen molar-refractivity contribution in [1.29, 1.82) is 0 Å². The van der Waals surface area contributed by atoms with Crippen molar-refractivity contribution >= 4 is 45.6 Å². The molecule has 0 spiro atoms. The number of nitrogens with one attached hydrogen (secondary N) is 2. The van der Waals surface area contributed by atoms with E-state index in [2.05, 4.69) is 69.6 Å². The van der Waals surface area contributed by atoms with Crippen molar-refractivity contribution in [3.8, 4) is 0 Å². The highest BCUT2D eigenvalue weighted by Gasteiger charge is 1.97. The molecule has 0 radical (unpaired) electrons. The van der Waals surface area contributed by atoms with Crippen LogP contribution in [-0.4, -0.2) is 11.7 Å². The maximum Gasteiger partial charge on any atom is 0.170 e. The summed E-state index contributed by atoms with van der Waals surface area (Å²) < 4.78 is 1.22. The fourth-order valence-corrected chi connectivity index (χ4v) is 2.43. The lowest BCUT2D eigenvalue weighted by molar-refractivity contribution is 0.777. The molecule has 104 valence electrons. The summed E-state index contributed by atoms with van der Waals surface area (Å²) in [5, 5.41) is 7.10. The number of rotatable bonds is 5. The zero-order chi connectivity index (χ0) is 14.2. The Labute approximate surface area is 139 Å². The SMILES string of the molecule is S=C(NCCCc1ccccc1)Nc1ccc(I)cc1. The summed E-state index contributed by atoms with van der Waals surface area (Å²) in [6.45, 7) is 0.880. The van der Waals surface area contributed by atoms with Gasteiger partial charge < -0.3 is 10.6 Å². The van der Waals surface area contributed by atoms with Crippen molar-refractivity contribution in [1.82, 2.24) is 5.32 Å². The average Bonchev–Trinajstić information content (AvgIpc) is 2.47. The summed E-state index contributed by atoms with van der Waals surface area (Å²) in [6.07, 6.45) is 2.14. The summed E-state index contributed by atoms with van der Waals surface area (Å²) in [5.74, 6) is 0. The van der Waals surface area contributed by atoms with Gasteiger partial charge in [-0.3, -0.25) is 0 Å². The monoisotopic (exact) mass is 396 g/mol. The van der Waals surface area contributed by atoms with Crippen molar-refractivity contribution in [3.05, 3.63) is 63.7 Å². The number of aryl methyl sites for hydroxylation is 1. The molecular formula is C16H17IN2S. The van der Waals surface area contributed by atoms with E-state index >= 15 is 0 Å². The molecule has 0 saturated heterocycles. The first-order chi connectivity index (χ1) is 9.74. The number of thiocarbonyl (C=S) groups is 1. The summed E-state index contributed by atoms with van der Waals surface area (Å²) in [7, 11) is 0. The van der Waals surface area contributed by atoms with Gasteiger partial charge in [-0.2, -0.15) is 0 Å². The first-order valence-corrected chi connectivity index (χ1v) is 8.07. The molecule has 4 heteroatoms. The Morgan fingerprint density at radius 1 is 1.00 bits per heavy atom. The van der Waals surface area contributed by atoms with Crippen molar-refractivity contribution in [2.45, 2.75) is 12.8 Å².